The van der Waals surface area contributed by atoms with E-state index in [1.807, 2.05) is 12.1 Å². The summed E-state index contributed by atoms with van der Waals surface area (Å²) in [4.78, 5) is 13.6. The van der Waals surface area contributed by atoms with E-state index in [2.05, 4.69) is 59.5 Å². The fourth-order valence-electron chi connectivity index (χ4n) is 7.07. The van der Waals surface area contributed by atoms with Crippen molar-refractivity contribution in [3.05, 3.63) is 94.5 Å². The molecular formula is C31H33NO2. The highest BCUT2D eigenvalue weighted by atomic mass is 16.3. The van der Waals surface area contributed by atoms with Gasteiger partial charge in [-0.05, 0) is 97.0 Å². The van der Waals surface area contributed by atoms with Crippen LogP contribution in [0.3, 0.4) is 0 Å². The maximum absolute atomic E-state index is 11.1. The normalized spacial score (nSPS) is 24.5. The van der Waals surface area contributed by atoms with Gasteiger partial charge in [0.25, 0.3) is 0 Å². The monoisotopic (exact) mass is 451 g/mol. The highest BCUT2D eigenvalue weighted by molar-refractivity contribution is 5.57. The molecule has 1 fully saturated rings. The molecule has 1 saturated heterocycles. The minimum absolute atomic E-state index is 0.0998. The van der Waals surface area contributed by atoms with Crippen molar-refractivity contribution < 1.29 is 9.90 Å². The Morgan fingerprint density at radius 3 is 2.47 bits per heavy atom. The number of aryl methyl sites for hydroxylation is 2. The summed E-state index contributed by atoms with van der Waals surface area (Å²) in [6, 6.07) is 24.4. The third kappa shape index (κ3) is 3.53. The number of piperidine rings is 1. The predicted molar refractivity (Wildman–Crippen MR) is 137 cm³/mol. The second kappa shape index (κ2) is 8.61. The number of hydrogen-bond acceptors (Lipinski definition) is 3. The molecule has 1 heterocycles. The van der Waals surface area contributed by atoms with E-state index in [0.717, 1.165) is 45.1 Å². The van der Waals surface area contributed by atoms with Gasteiger partial charge in [0.05, 0.1) is 0 Å². The fraction of sp³-hybridized carbons (Fsp3) is 0.387. The van der Waals surface area contributed by atoms with E-state index in [1.54, 1.807) is 0 Å². The van der Waals surface area contributed by atoms with Gasteiger partial charge in [-0.3, -0.25) is 0 Å². The molecule has 0 radical (unpaired) electrons. The van der Waals surface area contributed by atoms with Gasteiger partial charge < -0.3 is 14.8 Å². The van der Waals surface area contributed by atoms with Crippen LogP contribution in [-0.2, 0) is 23.1 Å². The van der Waals surface area contributed by atoms with E-state index in [4.69, 9.17) is 0 Å². The quantitative estimate of drug-likeness (QED) is 0.485. The summed E-state index contributed by atoms with van der Waals surface area (Å²) in [5, 5.41) is 10.2. The van der Waals surface area contributed by atoms with E-state index in [-0.39, 0.29) is 17.3 Å². The van der Waals surface area contributed by atoms with Crippen LogP contribution in [0.2, 0.25) is 0 Å². The van der Waals surface area contributed by atoms with Crippen molar-refractivity contribution in [2.24, 2.45) is 5.92 Å². The lowest BCUT2D eigenvalue weighted by Gasteiger charge is -2.49. The standard InChI is InChI=1S/C31H33NO2/c33-21-22-14-18-32(19-15-22)26-9-7-24(8-10-26)30-28-12-11-27(34)20-25(28)13-17-31(30)16-3-5-23-4-1-2-6-29(23)31/h1-2,4,6-12,20-22,30,34H,3,5,13-19H2/t30-,31-/m1/s1. The second-order valence-electron chi connectivity index (χ2n) is 10.5. The number of phenols is 1. The Labute approximate surface area is 202 Å². The van der Waals surface area contributed by atoms with E-state index >= 15 is 0 Å². The van der Waals surface area contributed by atoms with Crippen LogP contribution >= 0.6 is 0 Å². The predicted octanol–water partition coefficient (Wildman–Crippen LogP) is 6.16. The van der Waals surface area contributed by atoms with Crippen LogP contribution in [0.15, 0.2) is 66.7 Å². The second-order valence-corrected chi connectivity index (χ2v) is 10.5. The summed E-state index contributed by atoms with van der Waals surface area (Å²) in [6.45, 7) is 1.90. The van der Waals surface area contributed by atoms with E-state index in [1.165, 1.54) is 52.8 Å². The number of fused-ring (bicyclic) bond motifs is 3. The average molecular weight is 452 g/mol. The number of aldehydes is 1. The van der Waals surface area contributed by atoms with Crippen LogP contribution in [0.1, 0.15) is 65.8 Å². The molecule has 0 unspecified atom stereocenters. The number of aromatic hydroxyl groups is 1. The fourth-order valence-corrected chi connectivity index (χ4v) is 7.07. The largest absolute Gasteiger partial charge is 0.508 e. The van der Waals surface area contributed by atoms with Crippen molar-refractivity contribution in [1.29, 1.82) is 0 Å². The molecule has 3 aromatic rings. The van der Waals surface area contributed by atoms with Gasteiger partial charge in [-0.2, -0.15) is 0 Å². The molecule has 174 valence electrons. The number of phenolic OH excluding ortho intramolecular Hbond substituents is 1. The van der Waals surface area contributed by atoms with Crippen LogP contribution in [0.25, 0.3) is 0 Å². The van der Waals surface area contributed by atoms with Crippen molar-refractivity contribution >= 4 is 12.0 Å². The van der Waals surface area contributed by atoms with Crippen molar-refractivity contribution in [3.8, 4) is 5.75 Å². The maximum Gasteiger partial charge on any atom is 0.123 e. The van der Waals surface area contributed by atoms with Crippen LogP contribution in [0.5, 0.6) is 5.75 Å². The highest BCUT2D eigenvalue weighted by Crippen LogP contribution is 2.56. The van der Waals surface area contributed by atoms with Crippen LogP contribution in [0, 0.1) is 5.92 Å². The maximum atomic E-state index is 11.1. The highest BCUT2D eigenvalue weighted by Gasteiger charge is 2.47. The lowest BCUT2D eigenvalue weighted by atomic mass is 9.54. The Morgan fingerprint density at radius 1 is 0.882 bits per heavy atom. The molecule has 0 aromatic heterocycles. The zero-order chi connectivity index (χ0) is 23.1. The Hall–Kier alpha value is -3.07. The molecule has 3 aliphatic rings. The molecule has 0 bridgehead atoms. The third-order valence-corrected chi connectivity index (χ3v) is 8.78. The number of benzene rings is 3. The van der Waals surface area contributed by atoms with Crippen molar-refractivity contribution in [3.63, 3.8) is 0 Å². The van der Waals surface area contributed by atoms with Gasteiger partial charge in [0, 0.05) is 36.0 Å². The zero-order valence-electron chi connectivity index (χ0n) is 19.7. The van der Waals surface area contributed by atoms with Gasteiger partial charge in [0.2, 0.25) is 0 Å². The average Bonchev–Trinajstić information content (AvgIpc) is 2.89. The Kier molecular flexibility index (Phi) is 5.44. The summed E-state index contributed by atoms with van der Waals surface area (Å²) in [6.07, 6.45) is 8.75. The molecule has 34 heavy (non-hydrogen) atoms. The first-order valence-electron chi connectivity index (χ1n) is 12.9. The first kappa shape index (κ1) is 21.5. The molecule has 2 atom stereocenters. The summed E-state index contributed by atoms with van der Waals surface area (Å²) in [5.41, 5.74) is 8.44. The van der Waals surface area contributed by atoms with Gasteiger partial charge in [0.1, 0.15) is 12.0 Å². The van der Waals surface area contributed by atoms with Gasteiger partial charge in [-0.1, -0.05) is 42.5 Å². The van der Waals surface area contributed by atoms with E-state index in [0.29, 0.717) is 5.75 Å². The topological polar surface area (TPSA) is 40.5 Å². The molecule has 1 N–H and O–H groups in total. The molecule has 0 saturated carbocycles. The van der Waals surface area contributed by atoms with E-state index < -0.39 is 0 Å². The third-order valence-electron chi connectivity index (χ3n) is 8.78. The molecule has 6 rings (SSSR count). The molecule has 1 aliphatic heterocycles. The molecule has 2 aliphatic carbocycles. The number of carbonyl (C=O) groups excluding carboxylic acids is 1. The number of carbonyl (C=O) groups is 1. The summed E-state index contributed by atoms with van der Waals surface area (Å²) in [7, 11) is 0. The Bertz CT molecular complexity index is 1190. The summed E-state index contributed by atoms with van der Waals surface area (Å²) < 4.78 is 0. The van der Waals surface area contributed by atoms with Crippen LogP contribution in [-0.4, -0.2) is 24.5 Å². The number of hydrogen-bond donors (Lipinski definition) is 1. The molecule has 0 amide bonds. The Morgan fingerprint density at radius 2 is 1.68 bits per heavy atom. The zero-order valence-corrected chi connectivity index (χ0v) is 19.7. The lowest BCUT2D eigenvalue weighted by molar-refractivity contribution is -0.111. The minimum Gasteiger partial charge on any atom is -0.508 e. The van der Waals surface area contributed by atoms with Crippen molar-refractivity contribution in [1.82, 2.24) is 0 Å². The first-order chi connectivity index (χ1) is 16.7. The van der Waals surface area contributed by atoms with Crippen molar-refractivity contribution in [2.45, 2.75) is 56.3 Å². The minimum atomic E-state index is 0.0998. The molecular weight excluding hydrogens is 418 g/mol. The Balaban J connectivity index is 1.42. The molecule has 1 spiro atoms. The molecule has 3 nitrogen and oxygen atoms in total. The summed E-state index contributed by atoms with van der Waals surface area (Å²) >= 11 is 0. The molecule has 3 heteroatoms. The molecule has 3 aromatic carbocycles. The number of nitrogens with zero attached hydrogens (tertiary/aromatic N) is 1. The van der Waals surface area contributed by atoms with E-state index in [9.17, 15) is 9.90 Å². The number of rotatable bonds is 3. The first-order valence-corrected chi connectivity index (χ1v) is 12.9. The van der Waals surface area contributed by atoms with Gasteiger partial charge >= 0.3 is 0 Å². The van der Waals surface area contributed by atoms with Crippen LogP contribution < -0.4 is 4.90 Å². The van der Waals surface area contributed by atoms with Gasteiger partial charge in [0.15, 0.2) is 0 Å². The van der Waals surface area contributed by atoms with Gasteiger partial charge in [-0.25, -0.2) is 0 Å². The van der Waals surface area contributed by atoms with Crippen LogP contribution in [0.4, 0.5) is 5.69 Å². The van der Waals surface area contributed by atoms with Crippen molar-refractivity contribution in [2.75, 3.05) is 18.0 Å². The van der Waals surface area contributed by atoms with Gasteiger partial charge in [-0.15, -0.1) is 0 Å². The smallest absolute Gasteiger partial charge is 0.123 e. The lowest BCUT2D eigenvalue weighted by Crippen LogP contribution is -2.41. The number of anilines is 1. The summed E-state index contributed by atoms with van der Waals surface area (Å²) in [5.74, 6) is 0.872. The SMILES string of the molecule is O=CC1CCN(c2ccc([C@@H]3c4ccc(O)cc4CC[C@@]34CCCc3ccccc34)cc2)CC1.